The minimum atomic E-state index is -1.24. The summed E-state index contributed by atoms with van der Waals surface area (Å²) in [4.78, 5) is 15.6. The van der Waals surface area contributed by atoms with Gasteiger partial charge >= 0.3 is 0 Å². The lowest BCUT2D eigenvalue weighted by Crippen LogP contribution is -2.36. The molecule has 10 heteroatoms. The average Bonchev–Trinajstić information content (AvgIpc) is 3.27. The molecule has 0 aliphatic carbocycles. The molecule has 0 atom stereocenters. The Balaban J connectivity index is 1.48. The normalized spacial score (nSPS) is 14.5. The van der Waals surface area contributed by atoms with Crippen LogP contribution in [-0.4, -0.2) is 50.9 Å². The highest BCUT2D eigenvalue weighted by molar-refractivity contribution is 6.33. The molecule has 1 aliphatic heterocycles. The van der Waals surface area contributed by atoms with Crippen LogP contribution in [0.1, 0.15) is 39.6 Å². The van der Waals surface area contributed by atoms with Crippen LogP contribution in [0, 0.1) is 5.82 Å². The molecule has 0 radical (unpaired) electrons. The highest BCUT2D eigenvalue weighted by Crippen LogP contribution is 2.35. The Morgan fingerprint density at radius 1 is 1.11 bits per heavy atom. The van der Waals surface area contributed by atoms with Crippen LogP contribution in [0.25, 0.3) is 22.3 Å². The molecule has 194 valence electrons. The topological polar surface area (TPSA) is 88.3 Å². The zero-order chi connectivity index (χ0) is 26.3. The number of ether oxygens (including phenoxy) is 1. The number of aromatic nitrogens is 4. The van der Waals surface area contributed by atoms with Crippen LogP contribution in [-0.2, 0) is 10.3 Å². The average molecular weight is 525 g/mol. The van der Waals surface area contributed by atoms with Gasteiger partial charge in [-0.3, -0.25) is 0 Å². The summed E-state index contributed by atoms with van der Waals surface area (Å²) in [5, 5.41) is 14.1. The minimum absolute atomic E-state index is 0.0559. The first-order valence-electron chi connectivity index (χ1n) is 12.3. The zero-order valence-corrected chi connectivity index (χ0v) is 22.1. The first-order chi connectivity index (χ1) is 17.6. The van der Waals surface area contributed by atoms with Crippen LogP contribution in [0.15, 0.2) is 42.6 Å². The van der Waals surface area contributed by atoms with Gasteiger partial charge in [-0.2, -0.15) is 0 Å². The summed E-state index contributed by atoms with van der Waals surface area (Å²) in [6, 6.07) is 11.1. The van der Waals surface area contributed by atoms with E-state index in [4.69, 9.17) is 16.3 Å². The third-order valence-corrected chi connectivity index (χ3v) is 6.61. The van der Waals surface area contributed by atoms with Crippen LogP contribution < -0.4 is 10.2 Å². The van der Waals surface area contributed by atoms with E-state index in [9.17, 15) is 5.11 Å². The predicted octanol–water partition coefficient (Wildman–Crippen LogP) is 5.67. The fraction of sp³-hybridized carbons (Fsp3) is 0.370. The van der Waals surface area contributed by atoms with E-state index >= 15 is 4.39 Å². The molecule has 2 N–H and O–H groups in total. The number of fused-ring (bicyclic) bond motifs is 1. The molecule has 0 bridgehead atoms. The van der Waals surface area contributed by atoms with Gasteiger partial charge in [0.1, 0.15) is 16.9 Å². The molecule has 2 aromatic carbocycles. The van der Waals surface area contributed by atoms with Crippen LogP contribution in [0.3, 0.4) is 0 Å². The van der Waals surface area contributed by atoms with Gasteiger partial charge in [0.2, 0.25) is 5.95 Å². The Bertz CT molecular complexity index is 1430. The summed E-state index contributed by atoms with van der Waals surface area (Å²) in [6.07, 6.45) is 1.50. The maximum atomic E-state index is 15.3. The van der Waals surface area contributed by atoms with E-state index in [1.165, 1.54) is 12.3 Å². The maximum Gasteiger partial charge on any atom is 0.227 e. The van der Waals surface area contributed by atoms with Gasteiger partial charge in [-0.25, -0.2) is 19.3 Å². The van der Waals surface area contributed by atoms with Crippen molar-refractivity contribution < 1.29 is 14.2 Å². The zero-order valence-electron chi connectivity index (χ0n) is 21.3. The third-order valence-electron chi connectivity index (χ3n) is 6.33. The van der Waals surface area contributed by atoms with Crippen molar-refractivity contribution in [3.8, 4) is 11.3 Å². The number of hydrogen-bond donors (Lipinski definition) is 2. The molecule has 1 aliphatic rings. The summed E-state index contributed by atoms with van der Waals surface area (Å²) in [5.74, 6) is 0.221. The van der Waals surface area contributed by atoms with Gasteiger partial charge in [-0.15, -0.1) is 0 Å². The number of aliphatic hydroxyl groups is 1. The first-order valence-corrected chi connectivity index (χ1v) is 12.7. The second kappa shape index (κ2) is 9.89. The van der Waals surface area contributed by atoms with Crippen molar-refractivity contribution in [3.63, 3.8) is 0 Å². The summed E-state index contributed by atoms with van der Waals surface area (Å²) in [7, 11) is 0. The van der Waals surface area contributed by atoms with Crippen LogP contribution in [0.5, 0.6) is 0 Å². The Hall–Kier alpha value is -3.27. The smallest absolute Gasteiger partial charge is 0.227 e. The first kappa shape index (κ1) is 25.4. The number of hydrogen-bond acceptors (Lipinski definition) is 7. The molecule has 2 aromatic heterocycles. The van der Waals surface area contributed by atoms with E-state index in [0.29, 0.717) is 33.6 Å². The van der Waals surface area contributed by atoms with Crippen molar-refractivity contribution in [2.24, 2.45) is 0 Å². The highest BCUT2D eigenvalue weighted by atomic mass is 35.5. The fourth-order valence-electron chi connectivity index (χ4n) is 4.58. The van der Waals surface area contributed by atoms with Gasteiger partial charge in [-0.1, -0.05) is 11.6 Å². The second-order valence-electron chi connectivity index (χ2n) is 9.95. The number of rotatable bonds is 6. The number of halogens is 2. The van der Waals surface area contributed by atoms with Crippen molar-refractivity contribution in [1.29, 1.82) is 0 Å². The third kappa shape index (κ3) is 5.12. The molecular formula is C27H30ClFN6O2. The Kier molecular flexibility index (Phi) is 6.78. The molecule has 1 fully saturated rings. The lowest BCUT2D eigenvalue weighted by molar-refractivity contribution is 0.0641. The molecule has 0 unspecified atom stereocenters. The van der Waals surface area contributed by atoms with Crippen molar-refractivity contribution in [3.05, 3.63) is 59.3 Å². The highest BCUT2D eigenvalue weighted by Gasteiger charge is 2.28. The Labute approximate surface area is 220 Å². The largest absolute Gasteiger partial charge is 0.383 e. The van der Waals surface area contributed by atoms with Gasteiger partial charge in [0.25, 0.3) is 0 Å². The molecule has 1 saturated heterocycles. The Morgan fingerprint density at radius 2 is 1.81 bits per heavy atom. The maximum absolute atomic E-state index is 15.3. The van der Waals surface area contributed by atoms with Gasteiger partial charge in [0.05, 0.1) is 35.6 Å². The summed E-state index contributed by atoms with van der Waals surface area (Å²) >= 11 is 6.47. The van der Waals surface area contributed by atoms with Gasteiger partial charge in [-0.05, 0) is 64.1 Å². The molecule has 0 amide bonds. The predicted molar refractivity (Wildman–Crippen MR) is 144 cm³/mol. The molecule has 0 spiro atoms. The number of nitrogens with zero attached hydrogens (tertiary/aromatic N) is 5. The van der Waals surface area contributed by atoms with Gasteiger partial charge in [0.15, 0.2) is 5.82 Å². The SMILES string of the molecule is CC(C)n1c(C(C)(C)O)nc2c(F)cc(-c3nc(Nc4ccc(N5CCOCC5)cc4)ncc3Cl)cc21. The van der Waals surface area contributed by atoms with E-state index < -0.39 is 11.4 Å². The molecule has 37 heavy (non-hydrogen) atoms. The lowest BCUT2D eigenvalue weighted by Gasteiger charge is -2.28. The lowest BCUT2D eigenvalue weighted by atomic mass is 10.1. The molecule has 8 nitrogen and oxygen atoms in total. The summed E-state index contributed by atoms with van der Waals surface area (Å²) in [5.41, 5.74) is 2.35. The van der Waals surface area contributed by atoms with E-state index in [2.05, 4.69) is 25.2 Å². The molecule has 3 heterocycles. The van der Waals surface area contributed by atoms with E-state index in [1.54, 1.807) is 19.9 Å². The molecule has 5 rings (SSSR count). The number of nitrogens with one attached hydrogen (secondary N) is 1. The number of imidazole rings is 1. The van der Waals surface area contributed by atoms with Gasteiger partial charge in [0, 0.05) is 36.1 Å². The number of anilines is 3. The van der Waals surface area contributed by atoms with E-state index in [1.807, 2.05) is 42.7 Å². The van der Waals surface area contributed by atoms with Crippen LogP contribution in [0.4, 0.5) is 21.7 Å². The summed E-state index contributed by atoms with van der Waals surface area (Å²) < 4.78 is 22.5. The molecule has 0 saturated carbocycles. The minimum Gasteiger partial charge on any atom is -0.383 e. The molecular weight excluding hydrogens is 495 g/mol. The number of benzene rings is 2. The van der Waals surface area contributed by atoms with Gasteiger partial charge < -0.3 is 24.6 Å². The quantitative estimate of drug-likeness (QED) is 0.336. The van der Waals surface area contributed by atoms with Crippen LogP contribution >= 0.6 is 11.6 Å². The van der Waals surface area contributed by atoms with Crippen molar-refractivity contribution >= 4 is 40.0 Å². The van der Waals surface area contributed by atoms with Crippen molar-refractivity contribution in [2.45, 2.75) is 39.3 Å². The second-order valence-corrected chi connectivity index (χ2v) is 10.4. The monoisotopic (exact) mass is 524 g/mol. The molecule has 4 aromatic rings. The fourth-order valence-corrected chi connectivity index (χ4v) is 4.78. The van der Waals surface area contributed by atoms with E-state index in [0.717, 1.165) is 37.7 Å². The number of morpholine rings is 1. The standard InChI is InChI=1S/C27H30ClFN6O2/c1-16(2)35-22-14-17(13-21(29)24(22)32-25(35)27(3,4)36)23-20(28)15-30-26(33-23)31-18-5-7-19(8-6-18)34-9-11-37-12-10-34/h5-8,13-16,36H,9-12H2,1-4H3,(H,30,31,33). The van der Waals surface area contributed by atoms with Crippen molar-refractivity contribution in [2.75, 3.05) is 36.5 Å². The summed E-state index contributed by atoms with van der Waals surface area (Å²) in [6.45, 7) is 10.4. The van der Waals surface area contributed by atoms with Crippen molar-refractivity contribution in [1.82, 2.24) is 19.5 Å². The Morgan fingerprint density at radius 3 is 2.46 bits per heavy atom. The van der Waals surface area contributed by atoms with E-state index in [-0.39, 0.29) is 11.6 Å². The van der Waals surface area contributed by atoms with Crippen LogP contribution in [0.2, 0.25) is 5.02 Å².